The molecule has 9 nitrogen and oxygen atoms in total. The lowest BCUT2D eigenvalue weighted by molar-refractivity contribution is -0.120. The molecule has 29 heavy (non-hydrogen) atoms. The van der Waals surface area contributed by atoms with E-state index in [9.17, 15) is 4.79 Å². The third-order valence-corrected chi connectivity index (χ3v) is 5.19. The van der Waals surface area contributed by atoms with E-state index in [4.69, 9.17) is 0 Å². The molecule has 0 bridgehead atoms. The highest BCUT2D eigenvalue weighted by molar-refractivity contribution is 14.0. The molecule has 2 aromatic heterocycles. The number of halogens is 1. The molecule has 10 heteroatoms. The third kappa shape index (κ3) is 4.90. The number of nitrogens with one attached hydrogen (secondary N) is 1. The van der Waals surface area contributed by atoms with E-state index in [1.54, 1.807) is 22.8 Å². The normalized spacial score (nSPS) is 14.9. The van der Waals surface area contributed by atoms with Gasteiger partial charge in [-0.15, -0.1) is 24.0 Å². The zero-order valence-corrected chi connectivity index (χ0v) is 20.2. The summed E-state index contributed by atoms with van der Waals surface area (Å²) in [6, 6.07) is 0. The van der Waals surface area contributed by atoms with Gasteiger partial charge < -0.3 is 15.1 Å². The molecule has 1 N–H and O–H groups in total. The van der Waals surface area contributed by atoms with Crippen LogP contribution in [-0.4, -0.2) is 63.0 Å². The van der Waals surface area contributed by atoms with Gasteiger partial charge in [0.05, 0.1) is 17.6 Å². The summed E-state index contributed by atoms with van der Waals surface area (Å²) in [6.07, 6.45) is 5.41. The minimum Gasteiger partial charge on any atom is -0.352 e. The molecule has 1 fully saturated rings. The van der Waals surface area contributed by atoms with E-state index in [1.165, 1.54) is 11.3 Å². The van der Waals surface area contributed by atoms with Crippen molar-refractivity contribution in [2.45, 2.75) is 33.2 Å². The highest BCUT2D eigenvalue weighted by atomic mass is 127. The molecule has 0 radical (unpaired) electrons. The van der Waals surface area contributed by atoms with Gasteiger partial charge in [-0.05, 0) is 12.8 Å². The molecule has 1 aliphatic heterocycles. The van der Waals surface area contributed by atoms with Gasteiger partial charge in [-0.1, -0.05) is 13.8 Å². The first-order valence-electron chi connectivity index (χ1n) is 9.76. The van der Waals surface area contributed by atoms with Gasteiger partial charge in [-0.3, -0.25) is 19.2 Å². The lowest BCUT2D eigenvalue weighted by Gasteiger charge is -2.35. The van der Waals surface area contributed by atoms with Crippen LogP contribution in [0.5, 0.6) is 0 Å². The van der Waals surface area contributed by atoms with Crippen LogP contribution in [0.25, 0.3) is 0 Å². The number of amides is 1. The lowest BCUT2D eigenvalue weighted by Crippen LogP contribution is -2.55. The van der Waals surface area contributed by atoms with E-state index >= 15 is 0 Å². The van der Waals surface area contributed by atoms with Gasteiger partial charge in [0.2, 0.25) is 5.91 Å². The van der Waals surface area contributed by atoms with Crippen LogP contribution in [0.15, 0.2) is 17.4 Å². The van der Waals surface area contributed by atoms with E-state index < -0.39 is 0 Å². The Bertz CT molecular complexity index is 872. The van der Waals surface area contributed by atoms with Crippen LogP contribution in [0.1, 0.15) is 30.8 Å². The number of piperazine rings is 1. The Hall–Kier alpha value is -2.11. The number of aliphatic imine (C=N–C) groups is 1. The summed E-state index contributed by atoms with van der Waals surface area (Å²) in [7, 11) is 5.60. The number of aryl methyl sites for hydroxylation is 3. The van der Waals surface area contributed by atoms with Crippen molar-refractivity contribution in [1.82, 2.24) is 29.8 Å². The second-order valence-electron chi connectivity index (χ2n) is 6.94. The van der Waals surface area contributed by atoms with Crippen molar-refractivity contribution in [2.24, 2.45) is 19.1 Å². The van der Waals surface area contributed by atoms with Gasteiger partial charge in [0.25, 0.3) is 0 Å². The van der Waals surface area contributed by atoms with Crippen molar-refractivity contribution >= 4 is 41.5 Å². The maximum atomic E-state index is 12.7. The summed E-state index contributed by atoms with van der Waals surface area (Å²) in [5.74, 6) is 0.791. The SMILES string of the molecule is CCc1nn(C)c(CC)c1CNC(=NC)N1CCN(c2cnn(C)c2)C(=O)C1.I. The third-order valence-electron chi connectivity index (χ3n) is 5.19. The van der Waals surface area contributed by atoms with E-state index in [2.05, 4.69) is 34.4 Å². The molecule has 0 saturated carbocycles. The number of hydrogen-bond donors (Lipinski definition) is 1. The molecular formula is C19H31IN8O. The molecule has 160 valence electrons. The topological polar surface area (TPSA) is 83.6 Å². The largest absolute Gasteiger partial charge is 0.352 e. The predicted octanol–water partition coefficient (Wildman–Crippen LogP) is 1.32. The van der Waals surface area contributed by atoms with Crippen molar-refractivity contribution in [2.75, 3.05) is 31.6 Å². The van der Waals surface area contributed by atoms with Crippen molar-refractivity contribution in [3.63, 3.8) is 0 Å². The molecule has 1 aliphatic rings. The first-order valence-corrected chi connectivity index (χ1v) is 9.76. The van der Waals surface area contributed by atoms with Crippen molar-refractivity contribution in [3.8, 4) is 0 Å². The summed E-state index contributed by atoms with van der Waals surface area (Å²) in [4.78, 5) is 20.8. The smallest absolute Gasteiger partial charge is 0.246 e. The highest BCUT2D eigenvalue weighted by Gasteiger charge is 2.28. The van der Waals surface area contributed by atoms with Gasteiger partial charge in [0.15, 0.2) is 5.96 Å². The molecule has 3 rings (SSSR count). The maximum Gasteiger partial charge on any atom is 0.246 e. The van der Waals surface area contributed by atoms with Gasteiger partial charge >= 0.3 is 0 Å². The lowest BCUT2D eigenvalue weighted by atomic mass is 10.1. The standard InChI is InChI=1S/C19H30N8O.HI/c1-6-16-15(17(7-2)25(5)23-16)11-21-19(20-3)26-8-9-27(18(28)13-26)14-10-22-24(4)12-14;/h10,12H,6-9,11,13H2,1-5H3,(H,20,21);1H. The molecule has 0 unspecified atom stereocenters. The second-order valence-corrected chi connectivity index (χ2v) is 6.94. The monoisotopic (exact) mass is 514 g/mol. The predicted molar refractivity (Wildman–Crippen MR) is 125 cm³/mol. The molecular weight excluding hydrogens is 483 g/mol. The van der Waals surface area contributed by atoms with Crippen LogP contribution < -0.4 is 10.2 Å². The summed E-state index contributed by atoms with van der Waals surface area (Å²) in [5.41, 5.74) is 4.41. The Morgan fingerprint density at radius 1 is 1.24 bits per heavy atom. The van der Waals surface area contributed by atoms with Crippen molar-refractivity contribution in [1.29, 1.82) is 0 Å². The number of rotatable bonds is 5. The Kier molecular flexibility index (Phi) is 8.05. The van der Waals surface area contributed by atoms with Crippen LogP contribution in [0.3, 0.4) is 0 Å². The molecule has 0 spiro atoms. The van der Waals surface area contributed by atoms with Crippen LogP contribution in [-0.2, 0) is 38.3 Å². The molecule has 1 saturated heterocycles. The van der Waals surface area contributed by atoms with Crippen LogP contribution >= 0.6 is 24.0 Å². The quantitative estimate of drug-likeness (QED) is 0.370. The van der Waals surface area contributed by atoms with E-state index in [0.717, 1.165) is 30.2 Å². The number of carbonyl (C=O) groups is 1. The Labute approximate surface area is 189 Å². The van der Waals surface area contributed by atoms with Crippen LogP contribution in [0.4, 0.5) is 5.69 Å². The van der Waals surface area contributed by atoms with Crippen LogP contribution in [0.2, 0.25) is 0 Å². The number of aromatic nitrogens is 4. The van der Waals surface area contributed by atoms with Gasteiger partial charge in [0.1, 0.15) is 6.54 Å². The van der Waals surface area contributed by atoms with E-state index in [1.807, 2.05) is 29.9 Å². The fourth-order valence-electron chi connectivity index (χ4n) is 3.77. The molecule has 3 heterocycles. The second kappa shape index (κ2) is 10.1. The van der Waals surface area contributed by atoms with Crippen molar-refractivity contribution < 1.29 is 4.79 Å². The summed E-state index contributed by atoms with van der Waals surface area (Å²) in [6.45, 7) is 6.54. The Balaban J connectivity index is 0.00000300. The first kappa shape index (κ1) is 23.2. The fourth-order valence-corrected chi connectivity index (χ4v) is 3.77. The number of anilines is 1. The molecule has 0 aliphatic carbocycles. The van der Waals surface area contributed by atoms with Gasteiger partial charge in [0, 0.05) is 58.2 Å². The zero-order valence-electron chi connectivity index (χ0n) is 17.8. The minimum absolute atomic E-state index is 0. The fraction of sp³-hybridized carbons (Fsp3) is 0.579. The average molecular weight is 514 g/mol. The summed E-state index contributed by atoms with van der Waals surface area (Å²) in [5, 5.41) is 12.2. The zero-order chi connectivity index (χ0) is 20.3. The van der Waals surface area contributed by atoms with E-state index in [-0.39, 0.29) is 29.9 Å². The number of guanidine groups is 1. The van der Waals surface area contributed by atoms with Gasteiger partial charge in [-0.25, -0.2) is 0 Å². The Morgan fingerprint density at radius 3 is 2.55 bits per heavy atom. The number of nitrogens with zero attached hydrogens (tertiary/aromatic N) is 7. The highest BCUT2D eigenvalue weighted by Crippen LogP contribution is 2.17. The number of hydrogen-bond acceptors (Lipinski definition) is 4. The molecule has 0 atom stereocenters. The van der Waals surface area contributed by atoms with Crippen molar-refractivity contribution in [3.05, 3.63) is 29.3 Å². The van der Waals surface area contributed by atoms with Gasteiger partial charge in [-0.2, -0.15) is 10.2 Å². The number of carbonyl (C=O) groups excluding carboxylic acids is 1. The molecule has 0 aromatic carbocycles. The average Bonchev–Trinajstić information content (AvgIpc) is 3.24. The Morgan fingerprint density at radius 2 is 2.00 bits per heavy atom. The maximum absolute atomic E-state index is 12.7. The first-order chi connectivity index (χ1) is 13.5. The van der Waals surface area contributed by atoms with E-state index in [0.29, 0.717) is 26.2 Å². The minimum atomic E-state index is 0. The molecule has 1 amide bonds. The summed E-state index contributed by atoms with van der Waals surface area (Å²) >= 11 is 0. The molecule has 2 aromatic rings. The summed E-state index contributed by atoms with van der Waals surface area (Å²) < 4.78 is 3.68. The van der Waals surface area contributed by atoms with Crippen LogP contribution in [0, 0.1) is 0 Å².